The Morgan fingerprint density at radius 3 is 2.50 bits per heavy atom. The van der Waals surface area contributed by atoms with Crippen molar-refractivity contribution in [2.75, 3.05) is 57.4 Å². The van der Waals surface area contributed by atoms with Crippen LogP contribution in [0.25, 0.3) is 0 Å². The van der Waals surface area contributed by atoms with Crippen molar-refractivity contribution in [3.8, 4) is 0 Å². The summed E-state index contributed by atoms with van der Waals surface area (Å²) >= 11 is 0. The lowest BCUT2D eigenvalue weighted by atomic mass is 9.98. The van der Waals surface area contributed by atoms with E-state index < -0.39 is 0 Å². The number of hydrogen-bond donors (Lipinski definition) is 1. The summed E-state index contributed by atoms with van der Waals surface area (Å²) in [6.45, 7) is 7.00. The Labute approximate surface area is 178 Å². The number of aryl methyl sites for hydroxylation is 1. The van der Waals surface area contributed by atoms with Crippen LogP contribution in [0.1, 0.15) is 17.2 Å². The standard InChI is InChI=1S/C24H31N3O3/c1-19-6-5-9-21(16-19)26-12-10-25(11-13-26)17-23(29)27-14-15-30-22(18-28)24(27)20-7-3-2-4-8-20/h2-9,16,22,24,28H,10-15,17-18H2,1H3/t22-,24-/m0/s1. The Morgan fingerprint density at radius 1 is 1.03 bits per heavy atom. The molecule has 0 bridgehead atoms. The molecule has 0 aliphatic carbocycles. The van der Waals surface area contributed by atoms with Crippen LogP contribution in [0.5, 0.6) is 0 Å². The molecule has 1 N–H and O–H groups in total. The number of carbonyl (C=O) groups excluding carboxylic acids is 1. The third-order valence-electron chi connectivity index (χ3n) is 6.09. The van der Waals surface area contributed by atoms with Gasteiger partial charge in [0.15, 0.2) is 0 Å². The smallest absolute Gasteiger partial charge is 0.237 e. The molecule has 2 aliphatic heterocycles. The molecule has 160 valence electrons. The van der Waals surface area contributed by atoms with Gasteiger partial charge in [0.2, 0.25) is 5.91 Å². The number of hydrogen-bond acceptors (Lipinski definition) is 5. The van der Waals surface area contributed by atoms with Gasteiger partial charge in [-0.05, 0) is 30.2 Å². The van der Waals surface area contributed by atoms with Crippen LogP contribution in [0.4, 0.5) is 5.69 Å². The van der Waals surface area contributed by atoms with Gasteiger partial charge in [0.1, 0.15) is 6.10 Å². The van der Waals surface area contributed by atoms with Gasteiger partial charge in [-0.2, -0.15) is 0 Å². The highest BCUT2D eigenvalue weighted by molar-refractivity contribution is 5.79. The Morgan fingerprint density at radius 2 is 1.80 bits per heavy atom. The predicted octanol–water partition coefficient (Wildman–Crippen LogP) is 2.08. The van der Waals surface area contributed by atoms with Gasteiger partial charge in [-0.1, -0.05) is 42.5 Å². The molecule has 30 heavy (non-hydrogen) atoms. The maximum Gasteiger partial charge on any atom is 0.237 e. The first-order chi connectivity index (χ1) is 14.7. The van der Waals surface area contributed by atoms with E-state index in [4.69, 9.17) is 4.74 Å². The molecule has 2 aromatic carbocycles. The highest BCUT2D eigenvalue weighted by Crippen LogP contribution is 2.29. The molecule has 2 aliphatic rings. The number of ether oxygens (including phenoxy) is 1. The second-order valence-corrected chi connectivity index (χ2v) is 8.14. The minimum atomic E-state index is -0.386. The molecule has 2 saturated heterocycles. The van der Waals surface area contributed by atoms with Crippen molar-refractivity contribution < 1.29 is 14.6 Å². The summed E-state index contributed by atoms with van der Waals surface area (Å²) in [6.07, 6.45) is -0.386. The SMILES string of the molecule is Cc1cccc(N2CCN(CC(=O)N3CCO[C@@H](CO)[C@@H]3c3ccccc3)CC2)c1. The van der Waals surface area contributed by atoms with Crippen molar-refractivity contribution >= 4 is 11.6 Å². The lowest BCUT2D eigenvalue weighted by molar-refractivity contribution is -0.151. The molecule has 2 aromatic rings. The Kier molecular flexibility index (Phi) is 6.67. The summed E-state index contributed by atoms with van der Waals surface area (Å²) < 4.78 is 5.77. The lowest BCUT2D eigenvalue weighted by Gasteiger charge is -2.42. The molecular formula is C24H31N3O3. The van der Waals surface area contributed by atoms with E-state index in [9.17, 15) is 9.90 Å². The summed E-state index contributed by atoms with van der Waals surface area (Å²) in [5.74, 6) is 0.106. The number of piperazine rings is 1. The Bertz CT molecular complexity index is 837. The normalized spacial score (nSPS) is 22.9. The number of aliphatic hydroxyl groups is 1. The molecule has 4 rings (SSSR count). The van der Waals surface area contributed by atoms with Gasteiger partial charge in [-0.25, -0.2) is 0 Å². The molecule has 1 amide bonds. The summed E-state index contributed by atoms with van der Waals surface area (Å²) in [4.78, 5) is 19.8. The summed E-state index contributed by atoms with van der Waals surface area (Å²) in [5.41, 5.74) is 3.53. The first-order valence-electron chi connectivity index (χ1n) is 10.8. The molecule has 0 radical (unpaired) electrons. The number of aliphatic hydroxyl groups excluding tert-OH is 1. The number of morpholine rings is 1. The van der Waals surface area contributed by atoms with Gasteiger partial charge in [-0.3, -0.25) is 9.69 Å². The zero-order valence-corrected chi connectivity index (χ0v) is 17.6. The molecule has 0 spiro atoms. The van der Waals surface area contributed by atoms with Crippen LogP contribution in [0.3, 0.4) is 0 Å². The van der Waals surface area contributed by atoms with Crippen LogP contribution in [-0.2, 0) is 9.53 Å². The number of anilines is 1. The van der Waals surface area contributed by atoms with Crippen LogP contribution in [-0.4, -0.2) is 79.4 Å². The molecule has 0 saturated carbocycles. The van der Waals surface area contributed by atoms with Gasteiger partial charge in [0.25, 0.3) is 0 Å². The number of benzene rings is 2. The largest absolute Gasteiger partial charge is 0.394 e. The molecule has 2 heterocycles. The second kappa shape index (κ2) is 9.60. The van der Waals surface area contributed by atoms with Gasteiger partial charge >= 0.3 is 0 Å². The van der Waals surface area contributed by atoms with Crippen molar-refractivity contribution in [3.05, 3.63) is 65.7 Å². The van der Waals surface area contributed by atoms with E-state index in [1.165, 1.54) is 11.3 Å². The topological polar surface area (TPSA) is 56.2 Å². The third-order valence-corrected chi connectivity index (χ3v) is 6.09. The van der Waals surface area contributed by atoms with E-state index in [1.54, 1.807) is 0 Å². The fraction of sp³-hybridized carbons (Fsp3) is 0.458. The van der Waals surface area contributed by atoms with Crippen LogP contribution in [0, 0.1) is 6.92 Å². The Hall–Kier alpha value is -2.41. The van der Waals surface area contributed by atoms with E-state index in [1.807, 2.05) is 35.2 Å². The zero-order valence-electron chi connectivity index (χ0n) is 17.6. The van der Waals surface area contributed by atoms with Crippen LogP contribution in [0.15, 0.2) is 54.6 Å². The quantitative estimate of drug-likeness (QED) is 0.820. The van der Waals surface area contributed by atoms with E-state index >= 15 is 0 Å². The maximum absolute atomic E-state index is 13.2. The number of carbonyl (C=O) groups is 1. The third kappa shape index (κ3) is 4.67. The first kappa shape index (κ1) is 20.8. The van der Waals surface area contributed by atoms with Crippen LogP contribution in [0.2, 0.25) is 0 Å². The van der Waals surface area contributed by atoms with Crippen LogP contribution < -0.4 is 4.90 Å². The van der Waals surface area contributed by atoms with E-state index in [-0.39, 0.29) is 24.7 Å². The van der Waals surface area contributed by atoms with Crippen molar-refractivity contribution in [2.24, 2.45) is 0 Å². The average molecular weight is 410 g/mol. The van der Waals surface area contributed by atoms with E-state index in [0.717, 1.165) is 31.7 Å². The molecule has 2 fully saturated rings. The minimum absolute atomic E-state index is 0.0987. The molecule has 6 nitrogen and oxygen atoms in total. The summed E-state index contributed by atoms with van der Waals surface area (Å²) in [6, 6.07) is 18.2. The Balaban J connectivity index is 1.39. The van der Waals surface area contributed by atoms with Crippen molar-refractivity contribution in [2.45, 2.75) is 19.1 Å². The maximum atomic E-state index is 13.2. The van der Waals surface area contributed by atoms with Crippen molar-refractivity contribution in [1.82, 2.24) is 9.80 Å². The molecule has 6 heteroatoms. The fourth-order valence-corrected chi connectivity index (χ4v) is 4.48. The highest BCUT2D eigenvalue weighted by Gasteiger charge is 2.36. The average Bonchev–Trinajstić information content (AvgIpc) is 2.79. The van der Waals surface area contributed by atoms with E-state index in [2.05, 4.69) is 41.0 Å². The second-order valence-electron chi connectivity index (χ2n) is 8.14. The fourth-order valence-electron chi connectivity index (χ4n) is 4.48. The molecule has 0 unspecified atom stereocenters. The predicted molar refractivity (Wildman–Crippen MR) is 118 cm³/mol. The number of rotatable bonds is 5. The minimum Gasteiger partial charge on any atom is -0.394 e. The molecular weight excluding hydrogens is 378 g/mol. The van der Waals surface area contributed by atoms with Crippen LogP contribution >= 0.6 is 0 Å². The number of nitrogens with zero attached hydrogens (tertiary/aromatic N) is 3. The van der Waals surface area contributed by atoms with Gasteiger partial charge < -0.3 is 19.6 Å². The lowest BCUT2D eigenvalue weighted by Crippen LogP contribution is -2.54. The van der Waals surface area contributed by atoms with E-state index in [0.29, 0.717) is 19.7 Å². The summed E-state index contributed by atoms with van der Waals surface area (Å²) in [7, 11) is 0. The highest BCUT2D eigenvalue weighted by atomic mass is 16.5. The summed E-state index contributed by atoms with van der Waals surface area (Å²) in [5, 5.41) is 9.82. The van der Waals surface area contributed by atoms with Crippen molar-refractivity contribution in [1.29, 1.82) is 0 Å². The van der Waals surface area contributed by atoms with Gasteiger partial charge in [0, 0.05) is 38.4 Å². The number of amides is 1. The van der Waals surface area contributed by atoms with Gasteiger partial charge in [-0.15, -0.1) is 0 Å². The monoisotopic (exact) mass is 409 g/mol. The van der Waals surface area contributed by atoms with Crippen molar-refractivity contribution in [3.63, 3.8) is 0 Å². The first-order valence-corrected chi connectivity index (χ1v) is 10.8. The molecule has 0 aromatic heterocycles. The van der Waals surface area contributed by atoms with Gasteiger partial charge in [0.05, 0.1) is 25.8 Å². The molecule has 2 atom stereocenters. The zero-order chi connectivity index (χ0) is 20.9.